The van der Waals surface area contributed by atoms with Crippen molar-refractivity contribution >= 4 is 47.1 Å². The van der Waals surface area contributed by atoms with E-state index >= 15 is 0 Å². The summed E-state index contributed by atoms with van der Waals surface area (Å²) in [6.07, 6.45) is 4.52. The monoisotopic (exact) mass is 659 g/mol. The van der Waals surface area contributed by atoms with Crippen molar-refractivity contribution in [1.82, 2.24) is 16.0 Å². The lowest BCUT2D eigenvalue weighted by atomic mass is 9.76. The molecule has 45 heavy (non-hydrogen) atoms. The summed E-state index contributed by atoms with van der Waals surface area (Å²) in [6, 6.07) is 12.5. The molecule has 2 aliphatic rings. The van der Waals surface area contributed by atoms with E-state index in [0.29, 0.717) is 35.0 Å². The van der Waals surface area contributed by atoms with Crippen molar-refractivity contribution in [3.05, 3.63) is 69.7 Å². The Kier molecular flexibility index (Phi) is 12.1. The summed E-state index contributed by atoms with van der Waals surface area (Å²) < 4.78 is 11.1. The number of benzene rings is 2. The zero-order valence-corrected chi connectivity index (χ0v) is 27.6. The minimum absolute atomic E-state index is 0.104. The highest BCUT2D eigenvalue weighted by atomic mass is 35.5. The first-order chi connectivity index (χ1) is 21.5. The van der Waals surface area contributed by atoms with Crippen LogP contribution in [0.25, 0.3) is 0 Å². The van der Waals surface area contributed by atoms with E-state index in [1.54, 1.807) is 24.3 Å². The highest BCUT2D eigenvalue weighted by Crippen LogP contribution is 2.42. The normalized spacial score (nSPS) is 19.1. The van der Waals surface area contributed by atoms with Gasteiger partial charge in [0.25, 0.3) is 0 Å². The highest BCUT2D eigenvalue weighted by Gasteiger charge is 2.39. The molecule has 1 saturated carbocycles. The average molecular weight is 661 g/mol. The molecule has 2 aromatic rings. The van der Waals surface area contributed by atoms with Crippen molar-refractivity contribution in [3.8, 4) is 0 Å². The first kappa shape index (κ1) is 34.6. The molecule has 1 saturated heterocycles. The SMILES string of the molecule is COC(=O)[C@H](C[C@@H]1CCNC1=O)NC(=O)[C@H](CC1CCCCC1)NC(=O)OC(c1ccccc1Cl)C(C)(C)c1cccc(Cl)c1. The van der Waals surface area contributed by atoms with Crippen LogP contribution in [0.4, 0.5) is 4.79 Å². The Morgan fingerprint density at radius 3 is 2.33 bits per heavy atom. The highest BCUT2D eigenvalue weighted by molar-refractivity contribution is 6.31. The van der Waals surface area contributed by atoms with Gasteiger partial charge in [-0.25, -0.2) is 9.59 Å². The van der Waals surface area contributed by atoms with E-state index in [0.717, 1.165) is 37.7 Å². The van der Waals surface area contributed by atoms with Crippen LogP contribution >= 0.6 is 23.2 Å². The number of amides is 3. The van der Waals surface area contributed by atoms with Crippen molar-refractivity contribution in [2.24, 2.45) is 11.8 Å². The molecule has 3 amide bonds. The molecule has 0 bridgehead atoms. The van der Waals surface area contributed by atoms with Crippen LogP contribution in [0.5, 0.6) is 0 Å². The number of carbonyl (C=O) groups excluding carboxylic acids is 4. The van der Waals surface area contributed by atoms with Crippen LogP contribution in [-0.2, 0) is 29.3 Å². The molecule has 1 aliphatic heterocycles. The van der Waals surface area contributed by atoms with Crippen LogP contribution in [0.1, 0.15) is 82.4 Å². The largest absolute Gasteiger partial charge is 0.467 e. The van der Waals surface area contributed by atoms with Gasteiger partial charge in [0.15, 0.2) is 0 Å². The molecule has 0 radical (unpaired) electrons. The van der Waals surface area contributed by atoms with Crippen LogP contribution in [0.15, 0.2) is 48.5 Å². The number of ether oxygens (including phenoxy) is 2. The molecule has 1 unspecified atom stereocenters. The van der Waals surface area contributed by atoms with E-state index in [1.807, 2.05) is 38.1 Å². The third-order valence-electron chi connectivity index (χ3n) is 9.02. The summed E-state index contributed by atoms with van der Waals surface area (Å²) in [5, 5.41) is 9.31. The molecule has 9 nitrogen and oxygen atoms in total. The Balaban J connectivity index is 1.58. The van der Waals surface area contributed by atoms with E-state index in [4.69, 9.17) is 32.7 Å². The van der Waals surface area contributed by atoms with Crippen LogP contribution in [0.3, 0.4) is 0 Å². The van der Waals surface area contributed by atoms with Crippen molar-refractivity contribution in [3.63, 3.8) is 0 Å². The number of carbonyl (C=O) groups is 4. The molecule has 2 fully saturated rings. The van der Waals surface area contributed by atoms with Gasteiger partial charge < -0.3 is 25.4 Å². The van der Waals surface area contributed by atoms with Gasteiger partial charge in [0.2, 0.25) is 11.8 Å². The summed E-state index contributed by atoms with van der Waals surface area (Å²) in [7, 11) is 1.24. The van der Waals surface area contributed by atoms with Gasteiger partial charge in [-0.2, -0.15) is 0 Å². The Hall–Kier alpha value is -3.30. The second kappa shape index (κ2) is 15.8. The molecule has 3 N–H and O–H groups in total. The fourth-order valence-corrected chi connectivity index (χ4v) is 6.81. The number of nitrogens with one attached hydrogen (secondary N) is 3. The van der Waals surface area contributed by atoms with E-state index < -0.39 is 47.5 Å². The summed E-state index contributed by atoms with van der Waals surface area (Å²) in [5.74, 6) is -1.55. The lowest BCUT2D eigenvalue weighted by Crippen LogP contribution is -2.53. The molecule has 4 rings (SSSR count). The van der Waals surface area contributed by atoms with Gasteiger partial charge in [0.05, 0.1) is 7.11 Å². The minimum atomic E-state index is -1.04. The first-order valence-corrected chi connectivity index (χ1v) is 16.4. The van der Waals surface area contributed by atoms with E-state index in [2.05, 4.69) is 16.0 Å². The third-order valence-corrected chi connectivity index (χ3v) is 9.60. The molecule has 11 heteroatoms. The average Bonchev–Trinajstić information content (AvgIpc) is 3.43. The van der Waals surface area contributed by atoms with Gasteiger partial charge in [-0.05, 0) is 48.9 Å². The topological polar surface area (TPSA) is 123 Å². The number of esters is 1. The Labute approximate surface area is 275 Å². The molecule has 2 aromatic carbocycles. The van der Waals surface area contributed by atoms with Gasteiger partial charge in [-0.3, -0.25) is 9.59 Å². The molecule has 0 spiro atoms. The smallest absolute Gasteiger partial charge is 0.408 e. The zero-order chi connectivity index (χ0) is 32.6. The fourth-order valence-electron chi connectivity index (χ4n) is 6.38. The Morgan fingerprint density at radius 2 is 1.69 bits per heavy atom. The number of hydrogen-bond donors (Lipinski definition) is 3. The second-order valence-electron chi connectivity index (χ2n) is 12.6. The molecular formula is C34H43Cl2N3O6. The third kappa shape index (κ3) is 9.13. The van der Waals surface area contributed by atoms with Gasteiger partial charge in [0, 0.05) is 33.5 Å². The van der Waals surface area contributed by atoms with Crippen molar-refractivity contribution in [1.29, 1.82) is 0 Å². The van der Waals surface area contributed by atoms with Gasteiger partial charge in [-0.15, -0.1) is 0 Å². The predicted molar refractivity (Wildman–Crippen MR) is 173 cm³/mol. The molecule has 4 atom stereocenters. The number of halogens is 2. The second-order valence-corrected chi connectivity index (χ2v) is 13.4. The number of alkyl carbamates (subject to hydrolysis) is 1. The maximum Gasteiger partial charge on any atom is 0.408 e. The zero-order valence-electron chi connectivity index (χ0n) is 26.1. The lowest BCUT2D eigenvalue weighted by molar-refractivity contribution is -0.146. The van der Waals surface area contributed by atoms with Gasteiger partial charge >= 0.3 is 12.1 Å². The maximum atomic E-state index is 13.8. The quantitative estimate of drug-likeness (QED) is 0.231. The van der Waals surface area contributed by atoms with Crippen molar-refractivity contribution < 1.29 is 28.7 Å². The summed E-state index contributed by atoms with van der Waals surface area (Å²) in [5.41, 5.74) is 0.667. The fraction of sp³-hybridized carbons (Fsp3) is 0.529. The number of rotatable bonds is 12. The van der Waals surface area contributed by atoms with E-state index in [-0.39, 0.29) is 18.2 Å². The Morgan fingerprint density at radius 1 is 0.956 bits per heavy atom. The van der Waals surface area contributed by atoms with E-state index in [1.165, 1.54) is 7.11 Å². The van der Waals surface area contributed by atoms with Crippen LogP contribution in [-0.4, -0.2) is 49.6 Å². The number of methoxy groups -OCH3 is 1. The van der Waals surface area contributed by atoms with Crippen molar-refractivity contribution in [2.75, 3.05) is 13.7 Å². The Bertz CT molecular complexity index is 1360. The van der Waals surface area contributed by atoms with Crippen LogP contribution in [0, 0.1) is 11.8 Å². The molecule has 1 heterocycles. The van der Waals surface area contributed by atoms with Crippen LogP contribution < -0.4 is 16.0 Å². The predicted octanol–water partition coefficient (Wildman–Crippen LogP) is 6.26. The molecule has 1 aliphatic carbocycles. The standard InChI is InChI=1S/C34H43Cl2N3O6/c1-34(2,23-12-9-13-24(35)20-23)29(25-14-7-8-15-26(25)36)45-33(43)39-27(18-21-10-5-4-6-11-21)31(41)38-28(32(42)44-3)19-22-16-17-37-30(22)40/h7-9,12-15,20-22,27-29H,4-6,10-11,16-19H2,1-3H3,(H,37,40)(H,38,41)(H,39,43)/t22-,27-,28-,29?/m0/s1. The summed E-state index contributed by atoms with van der Waals surface area (Å²) in [6.45, 7) is 4.39. The number of hydrogen-bond acceptors (Lipinski definition) is 6. The van der Waals surface area contributed by atoms with Gasteiger partial charge in [-0.1, -0.05) is 99.5 Å². The summed E-state index contributed by atoms with van der Waals surface area (Å²) >= 11 is 12.9. The molecule has 0 aromatic heterocycles. The molecular weight excluding hydrogens is 617 g/mol. The maximum absolute atomic E-state index is 13.8. The molecule has 244 valence electrons. The first-order valence-electron chi connectivity index (χ1n) is 15.6. The van der Waals surface area contributed by atoms with Crippen molar-refractivity contribution in [2.45, 2.75) is 88.8 Å². The van der Waals surface area contributed by atoms with Crippen LogP contribution in [0.2, 0.25) is 10.0 Å². The summed E-state index contributed by atoms with van der Waals surface area (Å²) in [4.78, 5) is 52.4. The minimum Gasteiger partial charge on any atom is -0.467 e. The van der Waals surface area contributed by atoms with E-state index in [9.17, 15) is 19.2 Å². The lowest BCUT2D eigenvalue weighted by Gasteiger charge is -2.36. The van der Waals surface area contributed by atoms with Gasteiger partial charge in [0.1, 0.15) is 18.2 Å².